The molecule has 170 valence electrons. The van der Waals surface area contributed by atoms with Gasteiger partial charge in [0.15, 0.2) is 0 Å². The molecule has 0 aliphatic carbocycles. The Labute approximate surface area is 184 Å². The van der Waals surface area contributed by atoms with Crippen LogP contribution in [0.3, 0.4) is 0 Å². The summed E-state index contributed by atoms with van der Waals surface area (Å²) >= 11 is 0. The number of hydroxylamine groups is 2. The Morgan fingerprint density at radius 2 is 2.12 bits per heavy atom. The van der Waals surface area contributed by atoms with Gasteiger partial charge in [0.25, 0.3) is 11.8 Å². The van der Waals surface area contributed by atoms with Crippen LogP contribution in [-0.2, 0) is 32.1 Å². The van der Waals surface area contributed by atoms with Gasteiger partial charge in [-0.2, -0.15) is 0 Å². The molecule has 0 spiro atoms. The van der Waals surface area contributed by atoms with E-state index < -0.39 is 11.9 Å². The highest BCUT2D eigenvalue weighted by molar-refractivity contribution is 6.02. The number of nitrogens with zero attached hydrogens (tertiary/aromatic N) is 2. The monoisotopic (exact) mass is 444 g/mol. The number of aromatic amines is 1. The first-order valence-electron chi connectivity index (χ1n) is 10.3. The second-order valence-electron chi connectivity index (χ2n) is 7.91. The number of hydrogen-bond donors (Lipinski definition) is 2. The molecule has 2 N–H and O–H groups in total. The van der Waals surface area contributed by atoms with E-state index in [9.17, 15) is 18.8 Å². The third kappa shape index (κ3) is 3.98. The van der Waals surface area contributed by atoms with E-state index in [4.69, 9.17) is 9.57 Å². The molecular weight excluding hydrogens is 419 g/mol. The third-order valence-corrected chi connectivity index (χ3v) is 5.80. The molecule has 2 aliphatic heterocycles. The van der Waals surface area contributed by atoms with Crippen LogP contribution >= 0.6 is 0 Å². The molecule has 32 heavy (non-hydrogen) atoms. The Kier molecular flexibility index (Phi) is 5.98. The van der Waals surface area contributed by atoms with Crippen molar-refractivity contribution in [1.29, 1.82) is 0 Å². The molecule has 10 heteroatoms. The Morgan fingerprint density at radius 1 is 1.34 bits per heavy atom. The standard InChI is InChI=1S/C22H25FN4O5/c1-12-16(10-26-18-5-4-15(23)8-14(18)9-19(26)28)24-13(2)20(12)21(29)25-17-11-32-27(22(17)30)6-7-31-3/h4-5,8,17,24H,6-7,9-11H2,1-3H3,(H,25,29)/t17-/m0/s1. The molecule has 0 bridgehead atoms. The van der Waals surface area contributed by atoms with Crippen LogP contribution in [0.1, 0.15) is 32.9 Å². The molecular formula is C22H25FN4O5. The third-order valence-electron chi connectivity index (χ3n) is 5.80. The summed E-state index contributed by atoms with van der Waals surface area (Å²) in [7, 11) is 1.53. The number of ether oxygens (including phenoxy) is 1. The van der Waals surface area contributed by atoms with E-state index in [1.165, 1.54) is 24.3 Å². The van der Waals surface area contributed by atoms with Gasteiger partial charge in [0, 0.05) is 24.2 Å². The number of rotatable bonds is 7. The number of nitrogens with one attached hydrogen (secondary N) is 2. The van der Waals surface area contributed by atoms with Gasteiger partial charge in [-0.15, -0.1) is 0 Å². The summed E-state index contributed by atoms with van der Waals surface area (Å²) in [6.07, 6.45) is 0.141. The lowest BCUT2D eigenvalue weighted by Gasteiger charge is -2.17. The van der Waals surface area contributed by atoms with Crippen molar-refractivity contribution in [3.8, 4) is 0 Å². The van der Waals surface area contributed by atoms with E-state index in [-0.39, 0.29) is 43.7 Å². The van der Waals surface area contributed by atoms with Gasteiger partial charge in [-0.3, -0.25) is 19.2 Å². The van der Waals surface area contributed by atoms with E-state index in [0.717, 1.165) is 0 Å². The highest BCUT2D eigenvalue weighted by atomic mass is 19.1. The number of methoxy groups -OCH3 is 1. The quantitative estimate of drug-likeness (QED) is 0.672. The zero-order valence-electron chi connectivity index (χ0n) is 18.2. The SMILES string of the molecule is COCCN1OC[C@H](NC(=O)c2c(C)[nH]c(CN3C(=O)Cc4cc(F)ccc43)c2C)C1=O. The van der Waals surface area contributed by atoms with Gasteiger partial charge >= 0.3 is 0 Å². The van der Waals surface area contributed by atoms with Gasteiger partial charge in [-0.25, -0.2) is 9.45 Å². The maximum atomic E-state index is 13.5. The number of halogens is 1. The van der Waals surface area contributed by atoms with Crippen molar-refractivity contribution in [1.82, 2.24) is 15.4 Å². The summed E-state index contributed by atoms with van der Waals surface area (Å²) in [6.45, 7) is 4.45. The molecule has 0 radical (unpaired) electrons. The van der Waals surface area contributed by atoms with Crippen molar-refractivity contribution in [3.63, 3.8) is 0 Å². The summed E-state index contributed by atoms with van der Waals surface area (Å²) in [5.74, 6) is -1.23. The Bertz CT molecular complexity index is 1080. The number of carbonyl (C=O) groups excluding carboxylic acids is 3. The van der Waals surface area contributed by atoms with E-state index in [1.807, 2.05) is 0 Å². The number of fused-ring (bicyclic) bond motifs is 1. The lowest BCUT2D eigenvalue weighted by Crippen LogP contribution is -2.43. The summed E-state index contributed by atoms with van der Waals surface area (Å²) < 4.78 is 18.5. The molecule has 1 atom stereocenters. The molecule has 2 aromatic rings. The fraction of sp³-hybridized carbons (Fsp3) is 0.409. The predicted molar refractivity (Wildman–Crippen MR) is 112 cm³/mol. The summed E-state index contributed by atoms with van der Waals surface area (Å²) in [4.78, 5) is 48.0. The van der Waals surface area contributed by atoms with Crippen LogP contribution in [0.15, 0.2) is 18.2 Å². The minimum absolute atomic E-state index is 0.0548. The van der Waals surface area contributed by atoms with Crippen molar-refractivity contribution < 1.29 is 28.3 Å². The van der Waals surface area contributed by atoms with Gasteiger partial charge in [0.05, 0.1) is 31.7 Å². The van der Waals surface area contributed by atoms with Gasteiger partial charge in [0.1, 0.15) is 18.5 Å². The van der Waals surface area contributed by atoms with E-state index in [0.29, 0.717) is 40.4 Å². The minimum Gasteiger partial charge on any atom is -0.383 e. The van der Waals surface area contributed by atoms with Crippen molar-refractivity contribution in [2.45, 2.75) is 32.9 Å². The first-order valence-corrected chi connectivity index (χ1v) is 10.3. The second-order valence-corrected chi connectivity index (χ2v) is 7.91. The number of carbonyl (C=O) groups is 3. The topological polar surface area (TPSA) is 104 Å². The van der Waals surface area contributed by atoms with Crippen molar-refractivity contribution in [2.24, 2.45) is 0 Å². The van der Waals surface area contributed by atoms with Crippen LogP contribution in [0.5, 0.6) is 0 Å². The second kappa shape index (κ2) is 8.71. The smallest absolute Gasteiger partial charge is 0.271 e. The van der Waals surface area contributed by atoms with E-state index >= 15 is 0 Å². The molecule has 3 amide bonds. The Morgan fingerprint density at radius 3 is 2.88 bits per heavy atom. The Hall–Kier alpha value is -3.24. The van der Waals surface area contributed by atoms with Crippen molar-refractivity contribution >= 4 is 23.4 Å². The zero-order valence-corrected chi connectivity index (χ0v) is 18.2. The van der Waals surface area contributed by atoms with Crippen molar-refractivity contribution in [2.75, 3.05) is 31.8 Å². The first-order chi connectivity index (χ1) is 15.3. The zero-order chi connectivity index (χ0) is 23.0. The molecule has 1 saturated heterocycles. The molecule has 1 aromatic carbocycles. The minimum atomic E-state index is -0.779. The summed E-state index contributed by atoms with van der Waals surface area (Å²) in [5.41, 5.74) is 3.75. The van der Waals surface area contributed by atoms with Crippen LogP contribution in [0.25, 0.3) is 0 Å². The van der Waals surface area contributed by atoms with Crippen LogP contribution < -0.4 is 10.2 Å². The molecule has 4 rings (SSSR count). The largest absolute Gasteiger partial charge is 0.383 e. The molecule has 3 heterocycles. The molecule has 2 aliphatic rings. The maximum Gasteiger partial charge on any atom is 0.271 e. The van der Waals surface area contributed by atoms with Gasteiger partial charge in [-0.05, 0) is 43.2 Å². The number of H-pyrrole nitrogens is 1. The van der Waals surface area contributed by atoms with Gasteiger partial charge < -0.3 is 19.9 Å². The van der Waals surface area contributed by atoms with Crippen LogP contribution in [-0.4, -0.2) is 60.7 Å². The normalized spacial score (nSPS) is 17.9. The fourth-order valence-corrected chi connectivity index (χ4v) is 4.15. The molecule has 9 nitrogen and oxygen atoms in total. The lowest BCUT2D eigenvalue weighted by atomic mass is 10.1. The number of hydrogen-bond acceptors (Lipinski definition) is 5. The number of amides is 3. The van der Waals surface area contributed by atoms with Crippen LogP contribution in [0, 0.1) is 19.7 Å². The average molecular weight is 444 g/mol. The average Bonchev–Trinajstić information content (AvgIpc) is 3.34. The molecule has 1 fully saturated rings. The van der Waals surface area contributed by atoms with Gasteiger partial charge in [-0.1, -0.05) is 0 Å². The summed E-state index contributed by atoms with van der Waals surface area (Å²) in [5, 5.41) is 3.92. The Balaban J connectivity index is 1.49. The molecule has 0 unspecified atom stereocenters. The summed E-state index contributed by atoms with van der Waals surface area (Å²) in [6, 6.07) is 3.51. The first kappa shape index (κ1) is 22.0. The lowest BCUT2D eigenvalue weighted by molar-refractivity contribution is -0.164. The number of aryl methyl sites for hydroxylation is 1. The predicted octanol–water partition coefficient (Wildman–Crippen LogP) is 1.38. The van der Waals surface area contributed by atoms with E-state index in [1.54, 1.807) is 24.8 Å². The van der Waals surface area contributed by atoms with E-state index in [2.05, 4.69) is 10.3 Å². The van der Waals surface area contributed by atoms with Crippen LogP contribution in [0.4, 0.5) is 10.1 Å². The molecule has 0 saturated carbocycles. The fourth-order valence-electron chi connectivity index (χ4n) is 4.15. The van der Waals surface area contributed by atoms with Crippen molar-refractivity contribution in [3.05, 3.63) is 52.1 Å². The number of anilines is 1. The van der Waals surface area contributed by atoms with Crippen LogP contribution in [0.2, 0.25) is 0 Å². The molecule has 1 aromatic heterocycles. The van der Waals surface area contributed by atoms with Gasteiger partial charge in [0.2, 0.25) is 5.91 Å². The number of benzene rings is 1. The highest BCUT2D eigenvalue weighted by Crippen LogP contribution is 2.32. The maximum absolute atomic E-state index is 13.5. The highest BCUT2D eigenvalue weighted by Gasteiger charge is 2.35. The number of aromatic nitrogens is 1.